The number of piperidine rings is 1. The van der Waals surface area contributed by atoms with Crippen LogP contribution < -0.4 is 5.32 Å². The summed E-state index contributed by atoms with van der Waals surface area (Å²) in [6.07, 6.45) is 2.02. The lowest BCUT2D eigenvalue weighted by atomic mass is 9.98. The molecule has 2 heterocycles. The highest BCUT2D eigenvalue weighted by molar-refractivity contribution is 6.34. The largest absolute Gasteiger partial charge is 0.461 e. The summed E-state index contributed by atoms with van der Waals surface area (Å²) in [6, 6.07) is 7.96. The van der Waals surface area contributed by atoms with E-state index in [0.29, 0.717) is 5.02 Å². The van der Waals surface area contributed by atoms with Gasteiger partial charge in [-0.25, -0.2) is 4.79 Å². The van der Waals surface area contributed by atoms with E-state index in [-0.39, 0.29) is 18.1 Å². The summed E-state index contributed by atoms with van der Waals surface area (Å²) in [5, 5.41) is 3.79. The van der Waals surface area contributed by atoms with E-state index < -0.39 is 0 Å². The fourth-order valence-corrected chi connectivity index (χ4v) is 4.12. The molecule has 2 amide bonds. The van der Waals surface area contributed by atoms with Crippen LogP contribution in [-0.2, 0) is 0 Å². The fourth-order valence-electron chi connectivity index (χ4n) is 3.85. The van der Waals surface area contributed by atoms with Crippen LogP contribution in [0.15, 0.2) is 28.7 Å². The second-order valence-corrected chi connectivity index (χ2v) is 8.25. The summed E-state index contributed by atoms with van der Waals surface area (Å²) < 4.78 is 5.71. The van der Waals surface area contributed by atoms with E-state index in [0.717, 1.165) is 54.1 Å². The molecule has 1 aliphatic heterocycles. The molecule has 1 aliphatic rings. The van der Waals surface area contributed by atoms with E-state index in [2.05, 4.69) is 17.3 Å². The van der Waals surface area contributed by atoms with Crippen molar-refractivity contribution in [3.05, 3.63) is 46.2 Å². The van der Waals surface area contributed by atoms with Gasteiger partial charge in [0.05, 0.1) is 11.1 Å². The van der Waals surface area contributed by atoms with Crippen LogP contribution >= 0.6 is 11.6 Å². The maximum atomic E-state index is 12.7. The molecule has 2 aromatic rings. The first-order chi connectivity index (χ1) is 13.3. The van der Waals surface area contributed by atoms with Crippen LogP contribution in [0.4, 0.5) is 4.79 Å². The molecule has 1 N–H and O–H groups in total. The normalized spacial score (nSPS) is 16.8. The highest BCUT2D eigenvalue weighted by atomic mass is 35.5. The molecule has 6 heteroatoms. The van der Waals surface area contributed by atoms with Crippen LogP contribution in [0.2, 0.25) is 5.02 Å². The number of carbonyl (C=O) groups is 1. The number of furan rings is 1. The Morgan fingerprint density at radius 3 is 2.54 bits per heavy atom. The Balaban J connectivity index is 1.71. The lowest BCUT2D eigenvalue weighted by molar-refractivity contribution is 0.146. The predicted molar refractivity (Wildman–Crippen MR) is 114 cm³/mol. The Kier molecular flexibility index (Phi) is 6.36. The SMILES string of the molecule is Cc1ccc(-c2ccc(C(C)NC(=O)N(C)C3CCN(C)CC3)c(C)c2Cl)o1. The number of urea groups is 1. The first-order valence-electron chi connectivity index (χ1n) is 9.85. The average Bonchev–Trinajstić information content (AvgIpc) is 3.09. The minimum absolute atomic E-state index is 0.0386. The number of likely N-dealkylation sites (tertiary alicyclic amines) is 1. The number of hydrogen-bond donors (Lipinski definition) is 1. The quantitative estimate of drug-likeness (QED) is 0.780. The number of halogens is 1. The second-order valence-electron chi connectivity index (χ2n) is 7.87. The van der Waals surface area contributed by atoms with Crippen LogP contribution in [-0.4, -0.2) is 49.1 Å². The minimum Gasteiger partial charge on any atom is -0.461 e. The number of aryl methyl sites for hydroxylation is 1. The third-order valence-corrected chi connectivity index (χ3v) is 6.28. The van der Waals surface area contributed by atoms with Gasteiger partial charge in [-0.15, -0.1) is 0 Å². The number of nitrogens with one attached hydrogen (secondary N) is 1. The standard InChI is InChI=1S/C22H30ClN3O2/c1-14-6-9-20(28-14)19-8-7-18(15(2)21(19)23)16(3)24-22(27)26(5)17-10-12-25(4)13-11-17/h6-9,16-17H,10-13H2,1-5H3,(H,24,27). The van der Waals surface area contributed by atoms with Crippen LogP contribution in [0, 0.1) is 13.8 Å². The Morgan fingerprint density at radius 1 is 1.25 bits per heavy atom. The molecule has 1 unspecified atom stereocenters. The summed E-state index contributed by atoms with van der Waals surface area (Å²) in [7, 11) is 4.01. The van der Waals surface area contributed by atoms with Crippen molar-refractivity contribution in [1.82, 2.24) is 15.1 Å². The molecule has 3 rings (SSSR count). The Hall–Kier alpha value is -1.98. The summed E-state index contributed by atoms with van der Waals surface area (Å²) in [6.45, 7) is 7.95. The van der Waals surface area contributed by atoms with Gasteiger partial charge < -0.3 is 19.5 Å². The van der Waals surface area contributed by atoms with Gasteiger partial charge in [0.15, 0.2) is 0 Å². The van der Waals surface area contributed by atoms with Crippen molar-refractivity contribution >= 4 is 17.6 Å². The van der Waals surface area contributed by atoms with Crippen LogP contribution in [0.25, 0.3) is 11.3 Å². The van der Waals surface area contributed by atoms with Crippen molar-refractivity contribution < 1.29 is 9.21 Å². The zero-order valence-corrected chi connectivity index (χ0v) is 18.1. The number of benzene rings is 1. The van der Waals surface area contributed by atoms with Gasteiger partial charge in [-0.05, 0) is 83.1 Å². The zero-order valence-electron chi connectivity index (χ0n) is 17.4. The van der Waals surface area contributed by atoms with Crippen LogP contribution in [0.1, 0.15) is 42.7 Å². The van der Waals surface area contributed by atoms with Gasteiger partial charge in [-0.2, -0.15) is 0 Å². The Labute approximate surface area is 172 Å². The molecule has 152 valence electrons. The van der Waals surface area contributed by atoms with Gasteiger partial charge in [-0.1, -0.05) is 17.7 Å². The van der Waals surface area contributed by atoms with Crippen molar-refractivity contribution in [2.24, 2.45) is 0 Å². The summed E-state index contributed by atoms with van der Waals surface area (Å²) in [4.78, 5) is 16.9. The van der Waals surface area contributed by atoms with Gasteiger partial charge in [0.2, 0.25) is 0 Å². The molecular formula is C22H30ClN3O2. The number of nitrogens with zero attached hydrogens (tertiary/aromatic N) is 2. The highest BCUT2D eigenvalue weighted by Crippen LogP contribution is 2.35. The zero-order chi connectivity index (χ0) is 20.4. The molecule has 0 spiro atoms. The second kappa shape index (κ2) is 8.58. The van der Waals surface area contributed by atoms with Crippen LogP contribution in [0.3, 0.4) is 0 Å². The van der Waals surface area contributed by atoms with E-state index in [4.69, 9.17) is 16.0 Å². The van der Waals surface area contributed by atoms with Crippen LogP contribution in [0.5, 0.6) is 0 Å². The van der Waals surface area contributed by atoms with Gasteiger partial charge in [-0.3, -0.25) is 0 Å². The van der Waals surface area contributed by atoms with Gasteiger partial charge in [0.1, 0.15) is 11.5 Å². The third-order valence-electron chi connectivity index (χ3n) is 5.80. The molecule has 28 heavy (non-hydrogen) atoms. The van der Waals surface area contributed by atoms with E-state index in [1.807, 2.05) is 57.0 Å². The lowest BCUT2D eigenvalue weighted by Gasteiger charge is -2.35. The van der Waals surface area contributed by atoms with Crippen molar-refractivity contribution in [1.29, 1.82) is 0 Å². The van der Waals surface area contributed by atoms with Crippen molar-refractivity contribution in [3.63, 3.8) is 0 Å². The molecule has 0 saturated carbocycles. The molecule has 0 radical (unpaired) electrons. The van der Waals surface area contributed by atoms with Crippen molar-refractivity contribution in [2.45, 2.75) is 45.7 Å². The summed E-state index contributed by atoms with van der Waals surface area (Å²) in [5.41, 5.74) is 2.85. The first-order valence-corrected chi connectivity index (χ1v) is 10.2. The predicted octanol–water partition coefficient (Wildman–Crippen LogP) is 5.01. The number of hydrogen-bond acceptors (Lipinski definition) is 3. The van der Waals surface area contributed by atoms with E-state index in [9.17, 15) is 4.79 Å². The Bertz CT molecular complexity index is 840. The topological polar surface area (TPSA) is 48.7 Å². The Morgan fingerprint density at radius 2 is 1.93 bits per heavy atom. The molecule has 1 atom stereocenters. The number of amides is 2. The molecule has 0 aliphatic carbocycles. The minimum atomic E-state index is -0.133. The fraction of sp³-hybridized carbons (Fsp3) is 0.500. The van der Waals surface area contributed by atoms with E-state index >= 15 is 0 Å². The van der Waals surface area contributed by atoms with Crippen molar-refractivity contribution in [3.8, 4) is 11.3 Å². The summed E-state index contributed by atoms with van der Waals surface area (Å²) >= 11 is 6.63. The first kappa shape index (κ1) is 20.7. The molecule has 1 saturated heterocycles. The van der Waals surface area contributed by atoms with E-state index in [1.54, 1.807) is 0 Å². The summed E-state index contributed by atoms with van der Waals surface area (Å²) in [5.74, 6) is 1.61. The smallest absolute Gasteiger partial charge is 0.317 e. The molecular weight excluding hydrogens is 374 g/mol. The van der Waals surface area contributed by atoms with Gasteiger partial charge in [0, 0.05) is 18.7 Å². The molecule has 0 bridgehead atoms. The van der Waals surface area contributed by atoms with Gasteiger partial charge >= 0.3 is 6.03 Å². The maximum Gasteiger partial charge on any atom is 0.317 e. The number of carbonyl (C=O) groups excluding carboxylic acids is 1. The molecule has 1 aromatic heterocycles. The van der Waals surface area contributed by atoms with E-state index in [1.165, 1.54) is 0 Å². The highest BCUT2D eigenvalue weighted by Gasteiger charge is 2.25. The molecule has 1 aromatic carbocycles. The van der Waals surface area contributed by atoms with Crippen molar-refractivity contribution in [2.75, 3.05) is 27.2 Å². The lowest BCUT2D eigenvalue weighted by Crippen LogP contribution is -2.48. The average molecular weight is 404 g/mol. The van der Waals surface area contributed by atoms with Gasteiger partial charge in [0.25, 0.3) is 0 Å². The molecule has 5 nitrogen and oxygen atoms in total. The monoisotopic (exact) mass is 403 g/mol. The third kappa shape index (κ3) is 4.36. The number of rotatable bonds is 4. The maximum absolute atomic E-state index is 12.7. The molecule has 1 fully saturated rings.